The van der Waals surface area contributed by atoms with Gasteiger partial charge in [-0.25, -0.2) is 0 Å². The fourth-order valence-corrected chi connectivity index (χ4v) is 2.30. The topological polar surface area (TPSA) is 55.2 Å². The average molecular weight is 267 g/mol. The number of nitro groups is 1. The zero-order valence-electron chi connectivity index (χ0n) is 9.99. The molecule has 0 radical (unpaired) electrons. The van der Waals surface area contributed by atoms with E-state index in [9.17, 15) is 10.1 Å². The molecule has 0 saturated heterocycles. The number of halogens is 1. The van der Waals surface area contributed by atoms with Crippen LogP contribution in [0, 0.1) is 10.1 Å². The minimum atomic E-state index is -0.395. The zero-order valence-corrected chi connectivity index (χ0v) is 10.7. The summed E-state index contributed by atoms with van der Waals surface area (Å²) in [6.45, 7) is 0.701. The third-order valence-corrected chi connectivity index (χ3v) is 3.29. The van der Waals surface area contributed by atoms with Crippen molar-refractivity contribution in [2.24, 2.45) is 0 Å². The third-order valence-electron chi connectivity index (χ3n) is 3.05. The number of nitrogens with one attached hydrogen (secondary N) is 1. The van der Waals surface area contributed by atoms with E-state index in [0.29, 0.717) is 17.3 Å². The van der Waals surface area contributed by atoms with Crippen LogP contribution in [-0.2, 0) is 0 Å². The first-order valence-corrected chi connectivity index (χ1v) is 6.40. The normalized spacial score (nSPS) is 14.4. The Kier molecular flexibility index (Phi) is 4.20. The van der Waals surface area contributed by atoms with E-state index < -0.39 is 4.92 Å². The maximum atomic E-state index is 10.9. The van der Waals surface area contributed by atoms with E-state index in [-0.39, 0.29) is 5.69 Å². The maximum Gasteiger partial charge on any atom is 0.292 e. The second-order valence-corrected chi connectivity index (χ2v) is 4.79. The van der Waals surface area contributed by atoms with Crippen LogP contribution in [0.3, 0.4) is 0 Å². The molecule has 0 unspecified atom stereocenters. The molecular formula is C13H15ClN2O2. The molecule has 5 heteroatoms. The molecule has 18 heavy (non-hydrogen) atoms. The van der Waals surface area contributed by atoms with Gasteiger partial charge in [-0.2, -0.15) is 0 Å². The molecule has 2 rings (SSSR count). The molecule has 1 aromatic carbocycles. The molecule has 0 fully saturated rings. The maximum absolute atomic E-state index is 10.9. The molecule has 0 atom stereocenters. The minimum absolute atomic E-state index is 0.0693. The van der Waals surface area contributed by atoms with Crippen molar-refractivity contribution in [3.05, 3.63) is 45.0 Å². The largest absolute Gasteiger partial charge is 0.379 e. The molecule has 4 nitrogen and oxygen atoms in total. The van der Waals surface area contributed by atoms with Crippen LogP contribution in [0.5, 0.6) is 0 Å². The van der Waals surface area contributed by atoms with Crippen molar-refractivity contribution in [3.63, 3.8) is 0 Å². The van der Waals surface area contributed by atoms with Crippen LogP contribution in [0.1, 0.15) is 25.7 Å². The highest BCUT2D eigenvalue weighted by atomic mass is 35.5. The van der Waals surface area contributed by atoms with Crippen LogP contribution >= 0.6 is 11.6 Å². The van der Waals surface area contributed by atoms with Crippen LogP contribution in [-0.4, -0.2) is 11.5 Å². The van der Waals surface area contributed by atoms with Gasteiger partial charge in [-0.15, -0.1) is 0 Å². The minimum Gasteiger partial charge on any atom is -0.379 e. The van der Waals surface area contributed by atoms with Gasteiger partial charge in [0.25, 0.3) is 5.69 Å². The lowest BCUT2D eigenvalue weighted by Crippen LogP contribution is -2.04. The van der Waals surface area contributed by atoms with Crippen LogP contribution in [0.4, 0.5) is 11.4 Å². The highest BCUT2D eigenvalue weighted by Crippen LogP contribution is 2.28. The van der Waals surface area contributed by atoms with Gasteiger partial charge >= 0.3 is 0 Å². The fraction of sp³-hybridized carbons (Fsp3) is 0.385. The van der Waals surface area contributed by atoms with Crippen molar-refractivity contribution in [2.45, 2.75) is 25.7 Å². The Bertz CT molecular complexity index is 486. The van der Waals surface area contributed by atoms with Crippen molar-refractivity contribution in [1.82, 2.24) is 0 Å². The standard InChI is InChI=1S/C13H15ClN2O2/c14-11-5-6-13(16(17)18)12(9-11)15-8-7-10-3-1-2-4-10/h3,5-6,9,15H,1-2,4,7-8H2. The number of nitro benzene ring substituents is 1. The van der Waals surface area contributed by atoms with E-state index in [1.54, 1.807) is 6.07 Å². The summed E-state index contributed by atoms with van der Waals surface area (Å²) < 4.78 is 0. The summed E-state index contributed by atoms with van der Waals surface area (Å²) >= 11 is 5.85. The molecule has 1 N–H and O–H groups in total. The highest BCUT2D eigenvalue weighted by molar-refractivity contribution is 6.31. The van der Waals surface area contributed by atoms with Gasteiger partial charge in [-0.3, -0.25) is 10.1 Å². The molecule has 0 spiro atoms. The van der Waals surface area contributed by atoms with Gasteiger partial charge in [0.1, 0.15) is 5.69 Å². The van der Waals surface area contributed by atoms with Gasteiger partial charge in [0.15, 0.2) is 0 Å². The Hall–Kier alpha value is -1.55. The molecule has 1 aromatic rings. The van der Waals surface area contributed by atoms with Gasteiger partial charge in [0.2, 0.25) is 0 Å². The van der Waals surface area contributed by atoms with Gasteiger partial charge in [0.05, 0.1) is 4.92 Å². The molecule has 0 bridgehead atoms. The van der Waals surface area contributed by atoms with Crippen molar-refractivity contribution in [3.8, 4) is 0 Å². The summed E-state index contributed by atoms with van der Waals surface area (Å²) in [7, 11) is 0. The second-order valence-electron chi connectivity index (χ2n) is 4.35. The van der Waals surface area contributed by atoms with Gasteiger partial charge in [-0.05, 0) is 37.8 Å². The Morgan fingerprint density at radius 1 is 1.44 bits per heavy atom. The van der Waals surface area contributed by atoms with Gasteiger partial charge in [-0.1, -0.05) is 23.3 Å². The van der Waals surface area contributed by atoms with Crippen molar-refractivity contribution >= 4 is 23.0 Å². The monoisotopic (exact) mass is 266 g/mol. The first kappa shape index (κ1) is 12.9. The molecule has 96 valence electrons. The van der Waals surface area contributed by atoms with E-state index in [1.807, 2.05) is 0 Å². The first-order valence-electron chi connectivity index (χ1n) is 6.02. The second kappa shape index (κ2) is 5.87. The summed E-state index contributed by atoms with van der Waals surface area (Å²) in [5.41, 5.74) is 2.00. The highest BCUT2D eigenvalue weighted by Gasteiger charge is 2.13. The van der Waals surface area contributed by atoms with Crippen LogP contribution < -0.4 is 5.32 Å². The van der Waals surface area contributed by atoms with Crippen LogP contribution in [0.25, 0.3) is 0 Å². The summed E-state index contributed by atoms with van der Waals surface area (Å²) in [5.74, 6) is 0. The number of nitrogens with zero attached hydrogens (tertiary/aromatic N) is 1. The quantitative estimate of drug-likeness (QED) is 0.495. The Balaban J connectivity index is 1.99. The van der Waals surface area contributed by atoms with E-state index in [4.69, 9.17) is 11.6 Å². The summed E-state index contributed by atoms with van der Waals surface area (Å²) in [4.78, 5) is 10.5. The summed E-state index contributed by atoms with van der Waals surface area (Å²) in [6.07, 6.45) is 6.73. The number of hydrogen-bond acceptors (Lipinski definition) is 3. The van der Waals surface area contributed by atoms with Crippen LogP contribution in [0.2, 0.25) is 5.02 Å². The lowest BCUT2D eigenvalue weighted by Gasteiger charge is -2.08. The SMILES string of the molecule is O=[N+]([O-])c1ccc(Cl)cc1NCCC1=CCCC1. The average Bonchev–Trinajstić information content (AvgIpc) is 2.82. The van der Waals surface area contributed by atoms with Gasteiger partial charge < -0.3 is 5.32 Å². The molecule has 0 amide bonds. The number of hydrogen-bond donors (Lipinski definition) is 1. The number of rotatable bonds is 5. The predicted molar refractivity (Wildman–Crippen MR) is 73.1 cm³/mol. The Labute approximate surface area is 111 Å². The lowest BCUT2D eigenvalue weighted by atomic mass is 10.1. The van der Waals surface area contributed by atoms with E-state index >= 15 is 0 Å². The smallest absolute Gasteiger partial charge is 0.292 e. The van der Waals surface area contributed by atoms with E-state index in [1.165, 1.54) is 24.1 Å². The predicted octanol–water partition coefficient (Wildman–Crippen LogP) is 4.16. The van der Waals surface area contributed by atoms with Crippen LogP contribution in [0.15, 0.2) is 29.8 Å². The molecule has 1 aliphatic carbocycles. The zero-order chi connectivity index (χ0) is 13.0. The molecule has 0 heterocycles. The number of anilines is 1. The molecule has 0 aromatic heterocycles. The molecular weight excluding hydrogens is 252 g/mol. The van der Waals surface area contributed by atoms with Crippen molar-refractivity contribution in [2.75, 3.05) is 11.9 Å². The fourth-order valence-electron chi connectivity index (χ4n) is 2.13. The van der Waals surface area contributed by atoms with E-state index in [2.05, 4.69) is 11.4 Å². The van der Waals surface area contributed by atoms with Gasteiger partial charge in [0, 0.05) is 17.6 Å². The molecule has 1 aliphatic rings. The first-order chi connectivity index (χ1) is 8.66. The number of allylic oxidation sites excluding steroid dienone is 1. The Morgan fingerprint density at radius 3 is 2.94 bits per heavy atom. The lowest BCUT2D eigenvalue weighted by molar-refractivity contribution is -0.384. The summed E-state index contributed by atoms with van der Waals surface area (Å²) in [6, 6.07) is 4.56. The van der Waals surface area contributed by atoms with Crippen molar-refractivity contribution in [1.29, 1.82) is 0 Å². The third kappa shape index (κ3) is 3.23. The Morgan fingerprint density at radius 2 is 2.28 bits per heavy atom. The number of benzene rings is 1. The van der Waals surface area contributed by atoms with E-state index in [0.717, 1.165) is 19.3 Å². The summed E-state index contributed by atoms with van der Waals surface area (Å²) in [5, 5.41) is 14.5. The molecule has 0 saturated carbocycles. The molecule has 0 aliphatic heterocycles. The van der Waals surface area contributed by atoms with Crippen molar-refractivity contribution < 1.29 is 4.92 Å².